The molecule has 8 nitrogen and oxygen atoms in total. The number of nitrogens with zero attached hydrogens (tertiary/aromatic N) is 5. The molecule has 0 spiro atoms. The van der Waals surface area contributed by atoms with Crippen LogP contribution in [0.25, 0.3) is 11.0 Å². The van der Waals surface area contributed by atoms with E-state index in [1.807, 2.05) is 50.7 Å². The van der Waals surface area contributed by atoms with Crippen LogP contribution in [0, 0.1) is 0 Å². The van der Waals surface area contributed by atoms with Gasteiger partial charge in [0, 0.05) is 43.1 Å². The third-order valence-corrected chi connectivity index (χ3v) is 5.09. The molecule has 0 saturated heterocycles. The fraction of sp³-hybridized carbons (Fsp3) is 0.429. The van der Waals surface area contributed by atoms with E-state index in [9.17, 15) is 9.59 Å². The summed E-state index contributed by atoms with van der Waals surface area (Å²) in [4.78, 5) is 36.4. The molecular weight excluding hydrogens is 370 g/mol. The minimum atomic E-state index is -0.580. The zero-order valence-corrected chi connectivity index (χ0v) is 17.2. The van der Waals surface area contributed by atoms with Crippen LogP contribution >= 0.6 is 0 Å². The third kappa shape index (κ3) is 3.62. The Morgan fingerprint density at radius 2 is 2.00 bits per heavy atom. The lowest BCUT2D eigenvalue weighted by Crippen LogP contribution is -2.43. The highest BCUT2D eigenvalue weighted by Gasteiger charge is 2.29. The largest absolute Gasteiger partial charge is 0.444 e. The number of ether oxygens (including phenoxy) is 1. The SMILES string of the molecule is Cn1ccnc1Cn1c(=O)c2c(c3cccnc31)CCN(C(=O)OC(C)(C)C)C2. The molecule has 1 amide bonds. The van der Waals surface area contributed by atoms with Crippen molar-refractivity contribution in [3.05, 3.63) is 58.0 Å². The summed E-state index contributed by atoms with van der Waals surface area (Å²) in [5, 5.41) is 0.945. The molecule has 1 aliphatic heterocycles. The van der Waals surface area contributed by atoms with Gasteiger partial charge >= 0.3 is 6.09 Å². The van der Waals surface area contributed by atoms with Crippen LogP contribution in [-0.2, 0) is 31.3 Å². The van der Waals surface area contributed by atoms with Crippen molar-refractivity contribution in [2.75, 3.05) is 6.54 Å². The van der Waals surface area contributed by atoms with Gasteiger partial charge in [0.15, 0.2) is 0 Å². The second-order valence-corrected chi connectivity index (χ2v) is 8.33. The molecule has 0 aliphatic carbocycles. The maximum Gasteiger partial charge on any atom is 0.410 e. The topological polar surface area (TPSA) is 82.3 Å². The molecule has 0 fully saturated rings. The highest BCUT2D eigenvalue weighted by Crippen LogP contribution is 2.25. The average Bonchev–Trinajstić information content (AvgIpc) is 3.08. The van der Waals surface area contributed by atoms with Gasteiger partial charge in [0.2, 0.25) is 0 Å². The van der Waals surface area contributed by atoms with E-state index in [2.05, 4.69) is 9.97 Å². The predicted octanol–water partition coefficient (Wildman–Crippen LogP) is 2.47. The van der Waals surface area contributed by atoms with Crippen molar-refractivity contribution in [2.24, 2.45) is 7.05 Å². The zero-order valence-electron chi connectivity index (χ0n) is 17.2. The second kappa shape index (κ2) is 7.02. The van der Waals surface area contributed by atoms with Gasteiger partial charge in [-0.1, -0.05) is 0 Å². The van der Waals surface area contributed by atoms with Gasteiger partial charge in [0.05, 0.1) is 13.1 Å². The Hall–Kier alpha value is -3.16. The molecule has 0 atom stereocenters. The van der Waals surface area contributed by atoms with E-state index in [4.69, 9.17) is 4.74 Å². The number of amides is 1. The molecule has 3 aromatic rings. The summed E-state index contributed by atoms with van der Waals surface area (Å²) in [6, 6.07) is 3.86. The molecule has 0 N–H and O–H groups in total. The summed E-state index contributed by atoms with van der Waals surface area (Å²) in [5.41, 5.74) is 1.52. The van der Waals surface area contributed by atoms with Crippen molar-refractivity contribution in [3.63, 3.8) is 0 Å². The van der Waals surface area contributed by atoms with Crippen molar-refractivity contribution < 1.29 is 9.53 Å². The average molecular weight is 395 g/mol. The van der Waals surface area contributed by atoms with Gasteiger partial charge in [-0.15, -0.1) is 0 Å². The standard InChI is InChI=1S/C21H25N5O3/c1-21(2,3)29-20(28)25-10-7-14-15-6-5-8-23-18(15)26(19(27)16(14)12-25)13-17-22-9-11-24(17)4/h5-6,8-9,11H,7,10,12-13H2,1-4H3. The number of aryl methyl sites for hydroxylation is 1. The van der Waals surface area contributed by atoms with Gasteiger partial charge in [-0.25, -0.2) is 14.8 Å². The van der Waals surface area contributed by atoms with E-state index in [0.29, 0.717) is 30.7 Å². The van der Waals surface area contributed by atoms with Crippen LogP contribution in [0.1, 0.15) is 37.7 Å². The Morgan fingerprint density at radius 1 is 1.21 bits per heavy atom. The van der Waals surface area contributed by atoms with Crippen LogP contribution in [0.5, 0.6) is 0 Å². The zero-order chi connectivity index (χ0) is 20.8. The van der Waals surface area contributed by atoms with Crippen LogP contribution in [0.3, 0.4) is 0 Å². The Morgan fingerprint density at radius 3 is 2.69 bits per heavy atom. The first-order chi connectivity index (χ1) is 13.7. The minimum Gasteiger partial charge on any atom is -0.444 e. The molecule has 0 unspecified atom stereocenters. The fourth-order valence-corrected chi connectivity index (χ4v) is 3.68. The van der Waals surface area contributed by atoms with Gasteiger partial charge in [0.25, 0.3) is 5.56 Å². The van der Waals surface area contributed by atoms with Crippen molar-refractivity contribution in [1.29, 1.82) is 0 Å². The van der Waals surface area contributed by atoms with Gasteiger partial charge in [0.1, 0.15) is 17.1 Å². The summed E-state index contributed by atoms with van der Waals surface area (Å²) in [6.07, 6.45) is 5.44. The summed E-state index contributed by atoms with van der Waals surface area (Å²) in [7, 11) is 1.89. The summed E-state index contributed by atoms with van der Waals surface area (Å²) >= 11 is 0. The summed E-state index contributed by atoms with van der Waals surface area (Å²) < 4.78 is 9.03. The van der Waals surface area contributed by atoms with Gasteiger partial charge in [-0.2, -0.15) is 0 Å². The first-order valence-electron chi connectivity index (χ1n) is 9.68. The van der Waals surface area contributed by atoms with Crippen molar-refractivity contribution in [1.82, 2.24) is 24.0 Å². The van der Waals surface area contributed by atoms with E-state index < -0.39 is 11.7 Å². The molecule has 0 radical (unpaired) electrons. The number of aromatic nitrogens is 4. The monoisotopic (exact) mass is 395 g/mol. The van der Waals surface area contributed by atoms with Gasteiger partial charge < -0.3 is 14.2 Å². The van der Waals surface area contributed by atoms with E-state index in [1.54, 1.807) is 21.9 Å². The highest BCUT2D eigenvalue weighted by atomic mass is 16.6. The smallest absolute Gasteiger partial charge is 0.410 e. The Balaban J connectivity index is 1.79. The molecule has 152 valence electrons. The van der Waals surface area contributed by atoms with Crippen LogP contribution in [0.15, 0.2) is 35.5 Å². The van der Waals surface area contributed by atoms with E-state index in [1.165, 1.54) is 0 Å². The molecule has 0 saturated carbocycles. The lowest BCUT2D eigenvalue weighted by Gasteiger charge is -2.31. The highest BCUT2D eigenvalue weighted by molar-refractivity contribution is 5.81. The first kappa shape index (κ1) is 19.2. The molecule has 4 heterocycles. The summed E-state index contributed by atoms with van der Waals surface area (Å²) in [5.74, 6) is 0.763. The molecule has 3 aromatic heterocycles. The van der Waals surface area contributed by atoms with Crippen LogP contribution in [-0.4, -0.2) is 42.2 Å². The molecule has 1 aliphatic rings. The Kier molecular flexibility index (Phi) is 4.64. The molecule has 0 aromatic carbocycles. The normalized spacial score (nSPS) is 14.1. The summed E-state index contributed by atoms with van der Waals surface area (Å²) in [6.45, 7) is 6.56. The van der Waals surface area contributed by atoms with E-state index in [-0.39, 0.29) is 12.1 Å². The quantitative estimate of drug-likeness (QED) is 0.666. The van der Waals surface area contributed by atoms with Gasteiger partial charge in [-0.05, 0) is 44.9 Å². The molecule has 29 heavy (non-hydrogen) atoms. The Bertz CT molecular complexity index is 1140. The molecule has 0 bridgehead atoms. The fourth-order valence-electron chi connectivity index (χ4n) is 3.68. The lowest BCUT2D eigenvalue weighted by atomic mass is 9.97. The number of carbonyl (C=O) groups excluding carboxylic acids is 1. The molecule has 4 rings (SSSR count). The molecule has 8 heteroatoms. The lowest BCUT2D eigenvalue weighted by molar-refractivity contribution is 0.0223. The first-order valence-corrected chi connectivity index (χ1v) is 9.68. The van der Waals surface area contributed by atoms with Crippen molar-refractivity contribution >= 4 is 17.1 Å². The van der Waals surface area contributed by atoms with Crippen LogP contribution in [0.2, 0.25) is 0 Å². The number of rotatable bonds is 2. The van der Waals surface area contributed by atoms with Gasteiger partial charge in [-0.3, -0.25) is 9.36 Å². The van der Waals surface area contributed by atoms with Crippen molar-refractivity contribution in [3.8, 4) is 0 Å². The van der Waals surface area contributed by atoms with Crippen LogP contribution in [0.4, 0.5) is 4.79 Å². The minimum absolute atomic E-state index is 0.137. The number of imidazole rings is 1. The number of pyridine rings is 2. The maximum atomic E-state index is 13.4. The third-order valence-electron chi connectivity index (χ3n) is 5.09. The Labute approximate surface area is 168 Å². The number of carbonyl (C=O) groups is 1. The molecular formula is C21H25N5O3. The number of hydrogen-bond acceptors (Lipinski definition) is 5. The number of hydrogen-bond donors (Lipinski definition) is 0. The van der Waals surface area contributed by atoms with Crippen molar-refractivity contribution in [2.45, 2.75) is 45.9 Å². The van der Waals surface area contributed by atoms with E-state index >= 15 is 0 Å². The number of fused-ring (bicyclic) bond motifs is 3. The maximum absolute atomic E-state index is 13.4. The second-order valence-electron chi connectivity index (χ2n) is 8.33. The van der Waals surface area contributed by atoms with Crippen LogP contribution < -0.4 is 5.56 Å². The predicted molar refractivity (Wildman–Crippen MR) is 109 cm³/mol. The van der Waals surface area contributed by atoms with E-state index in [0.717, 1.165) is 16.8 Å².